The van der Waals surface area contributed by atoms with Gasteiger partial charge in [0.05, 0.1) is 18.3 Å². The Balaban J connectivity index is 1.27. The number of pyridine rings is 1. The van der Waals surface area contributed by atoms with Gasteiger partial charge in [-0.25, -0.2) is 10.1 Å². The Morgan fingerprint density at radius 2 is 1.76 bits per heavy atom. The number of rotatable bonds is 8. The Hall–Kier alpha value is -4.26. The third kappa shape index (κ3) is 4.98. The Bertz CT molecular complexity index is 1370. The van der Waals surface area contributed by atoms with Crippen LogP contribution in [0.4, 0.5) is 0 Å². The van der Waals surface area contributed by atoms with Crippen LogP contribution in [0.3, 0.4) is 0 Å². The van der Waals surface area contributed by atoms with E-state index in [9.17, 15) is 0 Å². The van der Waals surface area contributed by atoms with Crippen molar-refractivity contribution in [1.82, 2.24) is 25.6 Å². The first-order valence-corrected chi connectivity index (χ1v) is 10.7. The summed E-state index contributed by atoms with van der Waals surface area (Å²) in [7, 11) is 1.69. The molecule has 5 aromatic rings. The van der Waals surface area contributed by atoms with Gasteiger partial charge in [0.15, 0.2) is 5.82 Å². The summed E-state index contributed by atoms with van der Waals surface area (Å²) in [5.41, 5.74) is 5.20. The second kappa shape index (κ2) is 9.48. The first-order chi connectivity index (χ1) is 16.3. The van der Waals surface area contributed by atoms with Crippen LogP contribution in [-0.2, 0) is 19.4 Å². The Kier molecular flexibility index (Phi) is 5.93. The summed E-state index contributed by atoms with van der Waals surface area (Å²) >= 11 is 0. The highest BCUT2D eigenvalue weighted by molar-refractivity contribution is 5.78. The van der Waals surface area contributed by atoms with Crippen molar-refractivity contribution in [1.29, 1.82) is 0 Å². The molecule has 7 heteroatoms. The van der Waals surface area contributed by atoms with Crippen molar-refractivity contribution in [2.24, 2.45) is 0 Å². The Morgan fingerprint density at radius 1 is 0.848 bits per heavy atom. The molecule has 0 spiro atoms. The zero-order chi connectivity index (χ0) is 22.5. The van der Waals surface area contributed by atoms with Gasteiger partial charge in [-0.05, 0) is 57.4 Å². The van der Waals surface area contributed by atoms with Crippen molar-refractivity contribution in [2.45, 2.75) is 19.4 Å². The van der Waals surface area contributed by atoms with E-state index >= 15 is 0 Å². The summed E-state index contributed by atoms with van der Waals surface area (Å²) in [5.74, 6) is 2.37. The zero-order valence-electron chi connectivity index (χ0n) is 18.2. The number of aromatic amines is 1. The van der Waals surface area contributed by atoms with Crippen molar-refractivity contribution in [2.75, 3.05) is 7.11 Å². The van der Waals surface area contributed by atoms with Gasteiger partial charge in [0.2, 0.25) is 0 Å². The highest BCUT2D eigenvalue weighted by Gasteiger charge is 2.09. The van der Waals surface area contributed by atoms with E-state index in [1.807, 2.05) is 42.5 Å². The lowest BCUT2D eigenvalue weighted by atomic mass is 10.0. The predicted molar refractivity (Wildman–Crippen MR) is 125 cm³/mol. The molecule has 2 aromatic heterocycles. The number of hydrogen-bond acceptors (Lipinski definition) is 6. The molecular formula is C26H23N5O2. The quantitative estimate of drug-likeness (QED) is 0.384. The molecule has 3 aromatic carbocycles. The highest BCUT2D eigenvalue weighted by Crippen LogP contribution is 2.26. The minimum Gasteiger partial charge on any atom is -0.496 e. The number of tetrazole rings is 1. The smallest absolute Gasteiger partial charge is 0.152 e. The van der Waals surface area contributed by atoms with Gasteiger partial charge < -0.3 is 9.47 Å². The van der Waals surface area contributed by atoms with E-state index in [4.69, 9.17) is 9.47 Å². The lowest BCUT2D eigenvalue weighted by Gasteiger charge is -2.12. The number of aromatic nitrogens is 5. The predicted octanol–water partition coefficient (Wildman–Crippen LogP) is 4.52. The molecule has 2 heterocycles. The number of ether oxygens (including phenoxy) is 2. The molecule has 0 atom stereocenters. The van der Waals surface area contributed by atoms with E-state index in [-0.39, 0.29) is 0 Å². The minimum atomic E-state index is 0.419. The third-order valence-electron chi connectivity index (χ3n) is 5.45. The maximum absolute atomic E-state index is 6.04. The molecule has 0 amide bonds. The number of methoxy groups -OCH3 is 1. The Morgan fingerprint density at radius 3 is 2.64 bits per heavy atom. The summed E-state index contributed by atoms with van der Waals surface area (Å²) in [5, 5.41) is 15.1. The van der Waals surface area contributed by atoms with E-state index < -0.39 is 0 Å². The van der Waals surface area contributed by atoms with Crippen molar-refractivity contribution in [3.05, 3.63) is 107 Å². The van der Waals surface area contributed by atoms with Crippen LogP contribution in [0.2, 0.25) is 0 Å². The van der Waals surface area contributed by atoms with E-state index in [1.165, 1.54) is 0 Å². The van der Waals surface area contributed by atoms with Crippen LogP contribution >= 0.6 is 0 Å². The largest absolute Gasteiger partial charge is 0.496 e. The normalized spacial score (nSPS) is 10.9. The minimum absolute atomic E-state index is 0.419. The number of nitrogens with one attached hydrogen (secondary N) is 1. The highest BCUT2D eigenvalue weighted by atomic mass is 16.5. The van der Waals surface area contributed by atoms with Crippen LogP contribution < -0.4 is 9.47 Å². The second-order valence-corrected chi connectivity index (χ2v) is 7.78. The maximum atomic E-state index is 6.04. The van der Waals surface area contributed by atoms with Gasteiger partial charge in [0.25, 0.3) is 0 Å². The molecule has 5 rings (SSSR count). The van der Waals surface area contributed by atoms with Crippen LogP contribution in [0.5, 0.6) is 11.5 Å². The zero-order valence-corrected chi connectivity index (χ0v) is 18.2. The molecule has 0 bridgehead atoms. The topological polar surface area (TPSA) is 85.8 Å². The van der Waals surface area contributed by atoms with Crippen LogP contribution in [-0.4, -0.2) is 32.7 Å². The first-order valence-electron chi connectivity index (χ1n) is 10.7. The van der Waals surface area contributed by atoms with Crippen LogP contribution in [0, 0.1) is 0 Å². The number of hydrogen-bond donors (Lipinski definition) is 1. The van der Waals surface area contributed by atoms with Gasteiger partial charge >= 0.3 is 0 Å². The number of H-pyrrole nitrogens is 1. The van der Waals surface area contributed by atoms with E-state index in [0.717, 1.165) is 57.0 Å². The van der Waals surface area contributed by atoms with Crippen LogP contribution in [0.25, 0.3) is 10.9 Å². The molecule has 0 aliphatic heterocycles. The van der Waals surface area contributed by atoms with Gasteiger partial charge in [0.1, 0.15) is 18.1 Å². The summed E-state index contributed by atoms with van der Waals surface area (Å²) in [6.45, 7) is 0.419. The van der Waals surface area contributed by atoms with Gasteiger partial charge in [0, 0.05) is 18.2 Å². The fourth-order valence-corrected chi connectivity index (χ4v) is 3.80. The Labute approximate surface area is 191 Å². The SMILES string of the molecule is COc1cc(Cc2nnn[nH]2)ccc1Cc1cccc(OCc2ccc3ccccc3n2)c1. The van der Waals surface area contributed by atoms with Crippen LogP contribution in [0.1, 0.15) is 28.2 Å². The molecule has 164 valence electrons. The van der Waals surface area contributed by atoms with Crippen molar-refractivity contribution in [3.63, 3.8) is 0 Å². The fraction of sp³-hybridized carbons (Fsp3) is 0.154. The summed E-state index contributed by atoms with van der Waals surface area (Å²) in [4.78, 5) is 4.68. The summed E-state index contributed by atoms with van der Waals surface area (Å²) < 4.78 is 11.7. The molecule has 33 heavy (non-hydrogen) atoms. The first kappa shape index (κ1) is 20.6. The number of fused-ring (bicyclic) bond motifs is 1. The van der Waals surface area contributed by atoms with Gasteiger partial charge in [-0.3, -0.25) is 0 Å². The molecule has 7 nitrogen and oxygen atoms in total. The van der Waals surface area contributed by atoms with Crippen molar-refractivity contribution < 1.29 is 9.47 Å². The summed E-state index contributed by atoms with van der Waals surface area (Å²) in [6, 6.07) is 26.5. The van der Waals surface area contributed by atoms with E-state index in [1.54, 1.807) is 7.11 Å². The molecule has 0 saturated carbocycles. The maximum Gasteiger partial charge on any atom is 0.152 e. The van der Waals surface area contributed by atoms with Gasteiger partial charge in [-0.15, -0.1) is 5.10 Å². The van der Waals surface area contributed by atoms with E-state index in [2.05, 4.69) is 62.0 Å². The molecule has 0 radical (unpaired) electrons. The molecule has 0 fully saturated rings. The van der Waals surface area contributed by atoms with Gasteiger partial charge in [-0.2, -0.15) is 0 Å². The van der Waals surface area contributed by atoms with Crippen LogP contribution in [0.15, 0.2) is 78.9 Å². The number of benzene rings is 3. The number of para-hydroxylation sites is 1. The van der Waals surface area contributed by atoms with Crippen molar-refractivity contribution in [3.8, 4) is 11.5 Å². The average Bonchev–Trinajstić information content (AvgIpc) is 3.37. The average molecular weight is 438 g/mol. The lowest BCUT2D eigenvalue weighted by Crippen LogP contribution is -2.00. The third-order valence-corrected chi connectivity index (χ3v) is 5.45. The molecule has 0 aliphatic rings. The second-order valence-electron chi connectivity index (χ2n) is 7.78. The van der Waals surface area contributed by atoms with Gasteiger partial charge in [-0.1, -0.05) is 48.5 Å². The molecule has 0 saturated heterocycles. The lowest BCUT2D eigenvalue weighted by molar-refractivity contribution is 0.301. The molecule has 0 unspecified atom stereocenters. The molecular weight excluding hydrogens is 414 g/mol. The molecule has 1 N–H and O–H groups in total. The van der Waals surface area contributed by atoms with E-state index in [0.29, 0.717) is 13.0 Å². The fourth-order valence-electron chi connectivity index (χ4n) is 3.80. The van der Waals surface area contributed by atoms with Crippen molar-refractivity contribution >= 4 is 10.9 Å². The number of nitrogens with zero attached hydrogens (tertiary/aromatic N) is 4. The standard InChI is InChI=1S/C26H23N5O2/c1-32-25-15-19(16-26-28-30-31-29-26)9-10-21(25)13-18-5-4-7-23(14-18)33-17-22-12-11-20-6-2-3-8-24(20)27-22/h2-12,14-15H,13,16-17H2,1H3,(H,28,29,30,31). The monoisotopic (exact) mass is 437 g/mol. The molecule has 0 aliphatic carbocycles. The summed E-state index contributed by atoms with van der Waals surface area (Å²) in [6.07, 6.45) is 1.36.